The van der Waals surface area contributed by atoms with Crippen LogP contribution in [-0.2, 0) is 0 Å². The molecule has 4 rings (SSSR count). The van der Waals surface area contributed by atoms with E-state index in [0.717, 1.165) is 25.3 Å². The molecule has 2 fully saturated rings. The summed E-state index contributed by atoms with van der Waals surface area (Å²) < 4.78 is 27.1. The van der Waals surface area contributed by atoms with Gasteiger partial charge in [-0.05, 0) is 61.2 Å². The van der Waals surface area contributed by atoms with Gasteiger partial charge in [-0.1, -0.05) is 11.6 Å². The van der Waals surface area contributed by atoms with Crippen molar-refractivity contribution in [2.24, 2.45) is 4.99 Å². The van der Waals surface area contributed by atoms with Gasteiger partial charge in [0.15, 0.2) is 5.96 Å². The Balaban J connectivity index is 1.46. The molecule has 1 aliphatic carbocycles. The van der Waals surface area contributed by atoms with E-state index in [-0.39, 0.29) is 24.2 Å². The number of aliphatic imine (C=N–C) groups is 1. The lowest BCUT2D eigenvalue weighted by molar-refractivity contribution is 0.0975. The van der Waals surface area contributed by atoms with Crippen LogP contribution in [0.3, 0.4) is 0 Å². The maximum Gasteiger partial charge on any atom is 0.257 e. The zero-order valence-corrected chi connectivity index (χ0v) is 16.8. The second kappa shape index (κ2) is 9.07. The molecule has 6 nitrogen and oxygen atoms in total. The van der Waals surface area contributed by atoms with Gasteiger partial charge in [0.25, 0.3) is 5.91 Å². The van der Waals surface area contributed by atoms with Gasteiger partial charge < -0.3 is 5.32 Å². The van der Waals surface area contributed by atoms with E-state index in [9.17, 15) is 13.6 Å². The number of hydrogen-bond acceptors (Lipinski definition) is 4. The Hall–Kier alpha value is -2.55. The molecule has 2 aromatic carbocycles. The van der Waals surface area contributed by atoms with Crippen LogP contribution >= 0.6 is 11.6 Å². The number of amides is 1. The molecule has 4 N–H and O–H groups in total. The molecule has 1 heterocycles. The molecular weight excluding hydrogens is 412 g/mol. The number of nitrogens with zero attached hydrogens (tertiary/aromatic N) is 1. The first-order chi connectivity index (χ1) is 14.5. The van der Waals surface area contributed by atoms with E-state index in [1.54, 1.807) is 24.3 Å². The molecule has 1 aliphatic heterocycles. The van der Waals surface area contributed by atoms with Gasteiger partial charge in [-0.15, -0.1) is 0 Å². The zero-order valence-electron chi connectivity index (χ0n) is 16.1. The summed E-state index contributed by atoms with van der Waals surface area (Å²) in [6.07, 6.45) is 3.24. The van der Waals surface area contributed by atoms with Gasteiger partial charge in [-0.3, -0.25) is 10.1 Å². The van der Waals surface area contributed by atoms with Crippen molar-refractivity contribution in [1.82, 2.24) is 21.5 Å². The Morgan fingerprint density at radius 2 is 1.77 bits per heavy atom. The first-order valence-corrected chi connectivity index (χ1v) is 10.2. The molecule has 2 atom stereocenters. The number of hydrogen-bond donors (Lipinski definition) is 4. The number of rotatable bonds is 4. The minimum Gasteiger partial charge on any atom is -0.353 e. The highest BCUT2D eigenvalue weighted by Crippen LogP contribution is 2.24. The fourth-order valence-corrected chi connectivity index (χ4v) is 3.53. The number of hydrazine groups is 1. The molecule has 1 saturated heterocycles. The average molecular weight is 434 g/mol. The smallest absolute Gasteiger partial charge is 0.257 e. The van der Waals surface area contributed by atoms with Crippen molar-refractivity contribution in [3.8, 4) is 0 Å². The van der Waals surface area contributed by atoms with Crippen LogP contribution in [0.4, 0.5) is 8.78 Å². The monoisotopic (exact) mass is 433 g/mol. The molecule has 158 valence electrons. The van der Waals surface area contributed by atoms with Gasteiger partial charge in [-0.25, -0.2) is 24.6 Å². The molecule has 1 amide bonds. The fourth-order valence-electron chi connectivity index (χ4n) is 3.41. The molecule has 0 spiro atoms. The molecule has 30 heavy (non-hydrogen) atoms. The van der Waals surface area contributed by atoms with Crippen molar-refractivity contribution in [2.45, 2.75) is 43.9 Å². The Bertz CT molecular complexity index is 929. The lowest BCUT2D eigenvalue weighted by atomic mass is 9.93. The lowest BCUT2D eigenvalue weighted by Crippen LogP contribution is -2.49. The summed E-state index contributed by atoms with van der Waals surface area (Å²) in [5.41, 5.74) is 6.99. The van der Waals surface area contributed by atoms with Crippen LogP contribution in [0.5, 0.6) is 0 Å². The van der Waals surface area contributed by atoms with Crippen molar-refractivity contribution in [3.63, 3.8) is 0 Å². The van der Waals surface area contributed by atoms with Crippen LogP contribution in [0.2, 0.25) is 5.02 Å². The maximum absolute atomic E-state index is 13.5. The molecule has 1 saturated carbocycles. The standard InChI is InChI=1S/C21H22ClF2N5O/c22-14-6-4-12(5-7-14)20(30)27-21(25-17-2-1-3-17)26-19-11-18(28-29-19)13-8-15(23)10-16(24)9-13/h4-10,17-19,28-29H,1-3,11H2,(H2,25,26,27,30). The van der Waals surface area contributed by atoms with E-state index in [2.05, 4.69) is 26.5 Å². The second-order valence-corrected chi connectivity index (χ2v) is 7.94. The number of carbonyl (C=O) groups is 1. The number of guanidine groups is 1. The summed E-state index contributed by atoms with van der Waals surface area (Å²) >= 11 is 5.88. The minimum atomic E-state index is -0.624. The highest BCUT2D eigenvalue weighted by molar-refractivity contribution is 6.30. The van der Waals surface area contributed by atoms with Crippen LogP contribution in [0.25, 0.3) is 0 Å². The Morgan fingerprint density at radius 1 is 1.07 bits per heavy atom. The molecule has 9 heteroatoms. The summed E-state index contributed by atoms with van der Waals surface area (Å²) in [4.78, 5) is 17.2. The number of carbonyl (C=O) groups excluding carboxylic acids is 1. The predicted molar refractivity (Wildman–Crippen MR) is 111 cm³/mol. The van der Waals surface area contributed by atoms with Gasteiger partial charge in [0.1, 0.15) is 17.8 Å². The van der Waals surface area contributed by atoms with Crippen LogP contribution in [0.15, 0.2) is 47.5 Å². The number of benzene rings is 2. The molecule has 0 bridgehead atoms. The van der Waals surface area contributed by atoms with Crippen molar-refractivity contribution in [1.29, 1.82) is 0 Å². The fraction of sp³-hybridized carbons (Fsp3) is 0.333. The normalized spacial score (nSPS) is 21.9. The van der Waals surface area contributed by atoms with E-state index < -0.39 is 11.6 Å². The molecular formula is C21H22ClF2N5O. The van der Waals surface area contributed by atoms with Crippen molar-refractivity contribution in [2.75, 3.05) is 0 Å². The van der Waals surface area contributed by atoms with E-state index in [1.165, 1.54) is 12.1 Å². The summed E-state index contributed by atoms with van der Waals surface area (Å²) in [5.74, 6) is -1.18. The Labute approximate surface area is 178 Å². The molecule has 2 aromatic rings. The van der Waals surface area contributed by atoms with E-state index in [1.807, 2.05) is 0 Å². The van der Waals surface area contributed by atoms with Crippen LogP contribution in [0, 0.1) is 11.6 Å². The lowest BCUT2D eigenvalue weighted by Gasteiger charge is -2.28. The topological polar surface area (TPSA) is 77.5 Å². The van der Waals surface area contributed by atoms with Gasteiger partial charge in [0.2, 0.25) is 0 Å². The highest BCUT2D eigenvalue weighted by atomic mass is 35.5. The van der Waals surface area contributed by atoms with Crippen molar-refractivity contribution >= 4 is 23.5 Å². The zero-order chi connectivity index (χ0) is 21.1. The highest BCUT2D eigenvalue weighted by Gasteiger charge is 2.27. The van der Waals surface area contributed by atoms with E-state index >= 15 is 0 Å². The summed E-state index contributed by atoms with van der Waals surface area (Å²) in [6.45, 7) is 0. The van der Waals surface area contributed by atoms with Crippen molar-refractivity contribution < 1.29 is 13.6 Å². The Kier molecular flexibility index (Phi) is 6.26. The van der Waals surface area contributed by atoms with Crippen LogP contribution in [0.1, 0.15) is 47.6 Å². The van der Waals surface area contributed by atoms with Gasteiger partial charge in [0.05, 0.1) is 0 Å². The first kappa shape index (κ1) is 20.7. The SMILES string of the molecule is O=C(NC(=NC1CC(c2cc(F)cc(F)c2)NN1)NC1CCC1)c1ccc(Cl)cc1. The van der Waals surface area contributed by atoms with Gasteiger partial charge in [-0.2, -0.15) is 0 Å². The third-order valence-corrected chi connectivity index (χ3v) is 5.49. The van der Waals surface area contributed by atoms with Crippen LogP contribution in [-0.4, -0.2) is 24.1 Å². The predicted octanol–water partition coefficient (Wildman–Crippen LogP) is 3.41. The molecule has 0 aromatic heterocycles. The van der Waals surface area contributed by atoms with Gasteiger partial charge >= 0.3 is 0 Å². The minimum absolute atomic E-state index is 0.261. The van der Waals surface area contributed by atoms with E-state index in [0.29, 0.717) is 28.5 Å². The van der Waals surface area contributed by atoms with Crippen molar-refractivity contribution in [3.05, 3.63) is 70.2 Å². The summed E-state index contributed by atoms with van der Waals surface area (Å²) in [7, 11) is 0. The van der Waals surface area contributed by atoms with Crippen LogP contribution < -0.4 is 21.5 Å². The Morgan fingerprint density at radius 3 is 2.40 bits per heavy atom. The largest absolute Gasteiger partial charge is 0.353 e. The maximum atomic E-state index is 13.5. The second-order valence-electron chi connectivity index (χ2n) is 7.51. The number of nitrogens with one attached hydrogen (secondary N) is 4. The first-order valence-electron chi connectivity index (χ1n) is 9.84. The molecule has 2 aliphatic rings. The summed E-state index contributed by atoms with van der Waals surface area (Å²) in [6, 6.07) is 9.97. The van der Waals surface area contributed by atoms with Gasteiger partial charge in [0, 0.05) is 35.2 Å². The summed E-state index contributed by atoms with van der Waals surface area (Å²) in [5, 5.41) is 6.64. The van der Waals surface area contributed by atoms with E-state index in [4.69, 9.17) is 11.6 Å². The third-order valence-electron chi connectivity index (χ3n) is 5.24. The average Bonchev–Trinajstić information content (AvgIpc) is 3.13. The quantitative estimate of drug-likeness (QED) is 0.440. The third kappa shape index (κ3) is 5.13. The molecule has 0 radical (unpaired) electrons. The molecule has 2 unspecified atom stereocenters. The number of halogens is 3.